The van der Waals surface area contributed by atoms with Crippen molar-refractivity contribution in [1.29, 1.82) is 0 Å². The molecular weight excluding hydrogens is 236 g/mol. The molecule has 0 aliphatic heterocycles. The summed E-state index contributed by atoms with van der Waals surface area (Å²) in [6.45, 7) is 5.39. The van der Waals surface area contributed by atoms with Gasteiger partial charge < -0.3 is 10.5 Å². The van der Waals surface area contributed by atoms with Gasteiger partial charge in [0, 0.05) is 18.8 Å². The van der Waals surface area contributed by atoms with E-state index in [2.05, 4.69) is 24.9 Å². The van der Waals surface area contributed by atoms with E-state index in [4.69, 9.17) is 10.5 Å². The molecule has 0 bridgehead atoms. The molecule has 0 unspecified atom stereocenters. The quantitative estimate of drug-likeness (QED) is 0.893. The van der Waals surface area contributed by atoms with Crippen molar-refractivity contribution < 1.29 is 4.74 Å². The Labute approximate surface area is 114 Å². The van der Waals surface area contributed by atoms with E-state index in [1.165, 1.54) is 5.56 Å². The Morgan fingerprint density at radius 3 is 2.26 bits per heavy atom. The van der Waals surface area contributed by atoms with Crippen molar-refractivity contribution in [2.24, 2.45) is 5.73 Å². The smallest absolute Gasteiger partial charge is 0.213 e. The van der Waals surface area contributed by atoms with Crippen LogP contribution in [0.25, 0.3) is 0 Å². The highest BCUT2D eigenvalue weighted by Gasteiger charge is 2.01. The molecule has 0 atom stereocenters. The molecule has 0 radical (unpaired) electrons. The predicted octanol–water partition coefficient (Wildman–Crippen LogP) is 3.24. The molecule has 1 heterocycles. The number of nitrogens with two attached hydrogens (primary N) is 1. The van der Waals surface area contributed by atoms with E-state index in [-0.39, 0.29) is 0 Å². The predicted molar refractivity (Wildman–Crippen MR) is 77.0 cm³/mol. The molecule has 100 valence electrons. The molecule has 2 aromatic rings. The monoisotopic (exact) mass is 256 g/mol. The van der Waals surface area contributed by atoms with Crippen molar-refractivity contribution in [1.82, 2.24) is 4.98 Å². The van der Waals surface area contributed by atoms with Crippen LogP contribution in [0.2, 0.25) is 0 Å². The van der Waals surface area contributed by atoms with Gasteiger partial charge in [0.25, 0.3) is 0 Å². The lowest BCUT2D eigenvalue weighted by molar-refractivity contribution is 0.293. The van der Waals surface area contributed by atoms with Gasteiger partial charge in [0.05, 0.1) is 0 Å². The van der Waals surface area contributed by atoms with Crippen LogP contribution < -0.4 is 10.5 Å². The summed E-state index contributed by atoms with van der Waals surface area (Å²) in [7, 11) is 0. The normalized spacial score (nSPS) is 10.7. The fraction of sp³-hybridized carbons (Fsp3) is 0.312. The maximum Gasteiger partial charge on any atom is 0.213 e. The highest BCUT2D eigenvalue weighted by molar-refractivity contribution is 5.23. The van der Waals surface area contributed by atoms with Gasteiger partial charge in [-0.05, 0) is 22.6 Å². The molecule has 19 heavy (non-hydrogen) atoms. The molecule has 0 saturated carbocycles. The lowest BCUT2D eigenvalue weighted by Gasteiger charge is -2.08. The van der Waals surface area contributed by atoms with E-state index < -0.39 is 0 Å². The summed E-state index contributed by atoms with van der Waals surface area (Å²) in [6, 6.07) is 12.1. The Morgan fingerprint density at radius 1 is 1.05 bits per heavy atom. The van der Waals surface area contributed by atoms with E-state index in [9.17, 15) is 0 Å². The first-order valence-electron chi connectivity index (χ1n) is 6.55. The highest BCUT2D eigenvalue weighted by Crippen LogP contribution is 2.16. The summed E-state index contributed by atoms with van der Waals surface area (Å²) in [5.74, 6) is 1.15. The molecule has 0 spiro atoms. The number of nitrogens with zero attached hydrogens (tertiary/aromatic N) is 1. The number of aromatic nitrogens is 1. The molecule has 2 N–H and O–H groups in total. The van der Waals surface area contributed by atoms with Gasteiger partial charge in [0.1, 0.15) is 6.61 Å². The Hall–Kier alpha value is -1.87. The summed E-state index contributed by atoms with van der Waals surface area (Å²) in [4.78, 5) is 4.31. The van der Waals surface area contributed by atoms with Crippen molar-refractivity contribution >= 4 is 0 Å². The zero-order chi connectivity index (χ0) is 13.7. The van der Waals surface area contributed by atoms with Crippen molar-refractivity contribution in [3.63, 3.8) is 0 Å². The third-order valence-corrected chi connectivity index (χ3v) is 3.07. The van der Waals surface area contributed by atoms with Gasteiger partial charge in [-0.25, -0.2) is 4.98 Å². The number of hydrogen-bond donors (Lipinski definition) is 1. The minimum atomic E-state index is 0.491. The molecule has 2 rings (SSSR count). The van der Waals surface area contributed by atoms with E-state index in [1.54, 1.807) is 0 Å². The minimum absolute atomic E-state index is 0.491. The van der Waals surface area contributed by atoms with Crippen LogP contribution in [0.5, 0.6) is 5.88 Å². The van der Waals surface area contributed by atoms with E-state index in [0.717, 1.165) is 11.1 Å². The second-order valence-electron chi connectivity index (χ2n) is 4.89. The van der Waals surface area contributed by atoms with Gasteiger partial charge in [0.2, 0.25) is 5.88 Å². The molecule has 0 aliphatic carbocycles. The Balaban J connectivity index is 1.94. The number of benzene rings is 1. The van der Waals surface area contributed by atoms with Crippen LogP contribution in [0.3, 0.4) is 0 Å². The number of rotatable bonds is 5. The van der Waals surface area contributed by atoms with Gasteiger partial charge >= 0.3 is 0 Å². The maximum absolute atomic E-state index is 5.66. The van der Waals surface area contributed by atoms with Crippen LogP contribution in [-0.2, 0) is 13.2 Å². The summed E-state index contributed by atoms with van der Waals surface area (Å²) >= 11 is 0. The molecule has 0 aliphatic rings. The summed E-state index contributed by atoms with van der Waals surface area (Å²) < 4.78 is 5.66. The van der Waals surface area contributed by atoms with E-state index in [1.807, 2.05) is 36.5 Å². The first-order valence-corrected chi connectivity index (χ1v) is 6.55. The lowest BCUT2D eigenvalue weighted by atomic mass is 10.1. The molecule has 0 amide bonds. The molecular formula is C16H20N2O. The van der Waals surface area contributed by atoms with Gasteiger partial charge in [-0.1, -0.05) is 44.2 Å². The third kappa shape index (κ3) is 3.80. The zero-order valence-corrected chi connectivity index (χ0v) is 11.5. The van der Waals surface area contributed by atoms with Crippen LogP contribution >= 0.6 is 0 Å². The minimum Gasteiger partial charge on any atom is -0.473 e. The topological polar surface area (TPSA) is 48.1 Å². The van der Waals surface area contributed by atoms with Crippen LogP contribution in [0, 0.1) is 0 Å². The van der Waals surface area contributed by atoms with Crippen LogP contribution in [-0.4, -0.2) is 4.98 Å². The molecule has 3 nitrogen and oxygen atoms in total. The second-order valence-corrected chi connectivity index (χ2v) is 4.89. The van der Waals surface area contributed by atoms with Gasteiger partial charge in [-0.3, -0.25) is 0 Å². The maximum atomic E-state index is 5.66. The van der Waals surface area contributed by atoms with Crippen molar-refractivity contribution in [3.8, 4) is 5.88 Å². The Morgan fingerprint density at radius 2 is 1.74 bits per heavy atom. The molecule has 3 heteroatoms. The SMILES string of the molecule is CC(C)c1ccc(OCc2ccc(CN)cc2)nc1. The fourth-order valence-corrected chi connectivity index (χ4v) is 1.75. The van der Waals surface area contributed by atoms with Crippen molar-refractivity contribution in [3.05, 3.63) is 59.3 Å². The third-order valence-electron chi connectivity index (χ3n) is 3.07. The number of hydrogen-bond acceptors (Lipinski definition) is 3. The summed E-state index contributed by atoms with van der Waals surface area (Å²) in [5.41, 5.74) is 9.03. The average molecular weight is 256 g/mol. The molecule has 0 saturated heterocycles. The number of ether oxygens (including phenoxy) is 1. The molecule has 1 aromatic carbocycles. The van der Waals surface area contributed by atoms with Gasteiger partial charge in [-0.2, -0.15) is 0 Å². The average Bonchev–Trinajstić information content (AvgIpc) is 2.46. The first-order chi connectivity index (χ1) is 9.19. The van der Waals surface area contributed by atoms with Crippen molar-refractivity contribution in [2.75, 3.05) is 0 Å². The van der Waals surface area contributed by atoms with Gasteiger partial charge in [0.15, 0.2) is 0 Å². The molecule has 0 fully saturated rings. The van der Waals surface area contributed by atoms with E-state index >= 15 is 0 Å². The van der Waals surface area contributed by atoms with Crippen LogP contribution in [0.4, 0.5) is 0 Å². The first kappa shape index (κ1) is 13.6. The van der Waals surface area contributed by atoms with Gasteiger partial charge in [-0.15, -0.1) is 0 Å². The van der Waals surface area contributed by atoms with Crippen LogP contribution in [0.1, 0.15) is 36.5 Å². The van der Waals surface area contributed by atoms with Crippen LogP contribution in [0.15, 0.2) is 42.6 Å². The second kappa shape index (κ2) is 6.34. The van der Waals surface area contributed by atoms with E-state index in [0.29, 0.717) is 24.9 Å². The Bertz CT molecular complexity index is 503. The zero-order valence-electron chi connectivity index (χ0n) is 11.5. The standard InChI is InChI=1S/C16H20N2O/c1-12(2)15-7-8-16(18-10-15)19-11-14-5-3-13(9-17)4-6-14/h3-8,10,12H,9,11,17H2,1-2H3. The summed E-state index contributed by atoms with van der Waals surface area (Å²) in [5, 5.41) is 0. The highest BCUT2D eigenvalue weighted by atomic mass is 16.5. The largest absolute Gasteiger partial charge is 0.473 e. The van der Waals surface area contributed by atoms with Crippen molar-refractivity contribution in [2.45, 2.75) is 32.9 Å². The Kier molecular flexibility index (Phi) is 4.53. The lowest BCUT2D eigenvalue weighted by Crippen LogP contribution is -2.00. The summed E-state index contributed by atoms with van der Waals surface area (Å²) in [6.07, 6.45) is 1.87. The number of pyridine rings is 1. The fourth-order valence-electron chi connectivity index (χ4n) is 1.75. The molecule has 1 aromatic heterocycles.